The van der Waals surface area contributed by atoms with Gasteiger partial charge < -0.3 is 34.2 Å². The van der Waals surface area contributed by atoms with Crippen LogP contribution in [-0.2, 0) is 31.1 Å². The topological polar surface area (TPSA) is 190 Å². The number of carbonyl (C=O) groups is 1. The van der Waals surface area contributed by atoms with Gasteiger partial charge in [0.15, 0.2) is 0 Å². The van der Waals surface area contributed by atoms with Crippen molar-refractivity contribution >= 4 is 66.1 Å². The summed E-state index contributed by atoms with van der Waals surface area (Å²) in [6.45, 7) is 16.5. The number of benzene rings is 4. The first kappa shape index (κ1) is 65.5. The predicted molar refractivity (Wildman–Crippen MR) is 340 cm³/mol. The molecule has 0 spiro atoms. The Morgan fingerprint density at radius 3 is 2.17 bits per heavy atom. The number of ether oxygens (including phenoxy) is 1. The number of likely N-dealkylation sites (tertiary alicyclic amines) is 2. The van der Waals surface area contributed by atoms with Crippen LogP contribution in [0.3, 0.4) is 0 Å². The number of piperidine rings is 2. The lowest BCUT2D eigenvalue weighted by Gasteiger charge is -2.44. The van der Waals surface area contributed by atoms with Gasteiger partial charge in [-0.3, -0.25) is 19.5 Å². The number of carbonyl (C=O) groups excluding carboxylic acids is 1. The first-order chi connectivity index (χ1) is 42.1. The molecule has 0 radical (unpaired) electrons. The second kappa shape index (κ2) is 29.2. The van der Waals surface area contributed by atoms with Crippen molar-refractivity contribution in [3.63, 3.8) is 0 Å². The second-order valence-electron chi connectivity index (χ2n) is 24.7. The highest BCUT2D eigenvalue weighted by Gasteiger charge is 2.49. The number of hydrogen-bond donors (Lipinski definition) is 3. The minimum Gasteiger partial charge on any atom is -0.380 e. The number of nitrogens with one attached hydrogen (secondary N) is 3. The number of H-pyrrole nitrogens is 1. The molecule has 0 unspecified atom stereocenters. The maximum Gasteiger partial charge on any atom is 0.501 e. The van der Waals surface area contributed by atoms with E-state index in [4.69, 9.17) is 16.3 Å². The van der Waals surface area contributed by atoms with Gasteiger partial charge in [0.25, 0.3) is 31.3 Å². The van der Waals surface area contributed by atoms with Gasteiger partial charge >= 0.3 is 11.2 Å². The highest BCUT2D eigenvalue weighted by molar-refractivity contribution is 7.99. The fourth-order valence-electron chi connectivity index (χ4n) is 13.2. The summed E-state index contributed by atoms with van der Waals surface area (Å²) in [5.41, 5.74) is -1.88. The molecular weight excluding hydrogens is 1210 g/mol. The van der Waals surface area contributed by atoms with E-state index in [1.165, 1.54) is 59.5 Å². The minimum absolute atomic E-state index is 0.0114. The third-order valence-electron chi connectivity index (χ3n) is 18.2. The normalized spacial score (nSPS) is 20.9. The Labute approximate surface area is 524 Å². The number of allylic oxidation sites excluding steroid dienone is 1. The molecule has 5 aliphatic rings. The number of thioether (sulfide) groups is 1. The molecule has 2 atom stereocenters. The lowest BCUT2D eigenvalue weighted by molar-refractivity contribution is -0.0436. The maximum atomic E-state index is 14.4. The number of piperazine rings is 1. The van der Waals surface area contributed by atoms with Crippen LogP contribution in [0, 0.1) is 17.3 Å². The van der Waals surface area contributed by atoms with Crippen molar-refractivity contribution in [2.75, 3.05) is 121 Å². The number of amides is 1. The molecule has 0 saturated carbocycles. The molecular formula is C64H81ClF3N9O8S3. The van der Waals surface area contributed by atoms with E-state index in [0.29, 0.717) is 81.0 Å². The fraction of sp³-hybridized carbons (Fsp3) is 0.516. The Hall–Kier alpha value is -5.50. The summed E-state index contributed by atoms with van der Waals surface area (Å²) in [6, 6.07) is 27.4. The van der Waals surface area contributed by atoms with Crippen molar-refractivity contribution < 1.29 is 39.5 Å². The number of aromatic amines is 1. The molecule has 476 valence electrons. The van der Waals surface area contributed by atoms with Crippen LogP contribution < -0.4 is 26.2 Å². The van der Waals surface area contributed by atoms with Gasteiger partial charge in [-0.15, -0.1) is 11.8 Å². The van der Waals surface area contributed by atoms with E-state index in [1.54, 1.807) is 22.9 Å². The summed E-state index contributed by atoms with van der Waals surface area (Å²) in [7, 11) is -11.0. The SMILES string of the molecule is C[C@@]1(CN2CCC(CN3CCC(Cn4ccc(=O)[nH]c4=O)CC3)CC2)CCC(c2ccc(Cl)cc2)=C(CN2CCN(c3ccc(C(=O)NS(=O)(=O)c4ccc(N[C@H](CCN5CCCOCC5)CSc5ccccc5)c(S(=O)(=O)C(F)(F)F)c4)cc3)CC2)C1. The van der Waals surface area contributed by atoms with Gasteiger partial charge in [0, 0.05) is 124 Å². The molecule has 1 amide bonds. The first-order valence-electron chi connectivity index (χ1n) is 30.7. The molecule has 4 aliphatic heterocycles. The summed E-state index contributed by atoms with van der Waals surface area (Å²) >= 11 is 7.83. The average Bonchev–Trinajstić information content (AvgIpc) is 2.89. The third-order valence-corrected chi connectivity index (χ3v) is 22.4. The van der Waals surface area contributed by atoms with E-state index in [0.717, 1.165) is 127 Å². The van der Waals surface area contributed by atoms with Crippen LogP contribution in [0.25, 0.3) is 5.57 Å². The standard InChI is InChI=1S/C64H81ClF3N9O8S3/c1-63(46-75-29-21-47(22-30-75)42-73-27-19-48(20-28-73)43-77-32-24-60(78)70-62(77)80)25-18-57(49-8-12-52(65)13-9-49)51(41-63)44-74-33-35-76(36-34-74)54-14-10-50(11-15-54)61(79)71-88(83,84)56-16-17-58(59(40-56)87(81,82)64(66,67)68)69-53(45-86-55-6-3-2-4-7-55)23-31-72-26-5-38-85-39-37-72/h2-4,6-17,24,32,40,47-48,53,69H,5,18-23,25-31,33-39,41-46H2,1H3,(H,71,79)(H,70,78,80)/t53-,63-/m1/s1. The molecule has 88 heavy (non-hydrogen) atoms. The van der Waals surface area contributed by atoms with Crippen LogP contribution in [0.1, 0.15) is 80.6 Å². The lowest BCUT2D eigenvalue weighted by atomic mass is 9.71. The molecule has 5 aromatic rings. The van der Waals surface area contributed by atoms with Crippen molar-refractivity contribution in [2.24, 2.45) is 17.3 Å². The molecule has 4 saturated heterocycles. The van der Waals surface area contributed by atoms with Crippen molar-refractivity contribution in [1.82, 2.24) is 33.9 Å². The van der Waals surface area contributed by atoms with Crippen LogP contribution >= 0.6 is 23.4 Å². The molecule has 10 rings (SSSR count). The largest absolute Gasteiger partial charge is 0.501 e. The summed E-state index contributed by atoms with van der Waals surface area (Å²) < 4.78 is 106. The van der Waals surface area contributed by atoms with E-state index in [-0.39, 0.29) is 22.2 Å². The van der Waals surface area contributed by atoms with E-state index < -0.39 is 52.8 Å². The number of sulfonamides is 1. The quantitative estimate of drug-likeness (QED) is 0.0556. The number of alkyl halides is 3. The van der Waals surface area contributed by atoms with Crippen molar-refractivity contribution in [2.45, 2.75) is 97.5 Å². The Balaban J connectivity index is 0.733. The lowest BCUT2D eigenvalue weighted by Crippen LogP contribution is -2.48. The second-order valence-corrected chi connectivity index (χ2v) is 29.8. The Morgan fingerprint density at radius 2 is 1.48 bits per heavy atom. The van der Waals surface area contributed by atoms with Crippen molar-refractivity contribution in [3.8, 4) is 0 Å². The van der Waals surface area contributed by atoms with Gasteiger partial charge in [0.05, 0.1) is 17.2 Å². The van der Waals surface area contributed by atoms with Gasteiger partial charge in [-0.05, 0) is 179 Å². The van der Waals surface area contributed by atoms with E-state index in [9.17, 15) is 44.4 Å². The van der Waals surface area contributed by atoms with Crippen LogP contribution in [0.4, 0.5) is 24.5 Å². The van der Waals surface area contributed by atoms with Gasteiger partial charge in [-0.1, -0.05) is 54.4 Å². The van der Waals surface area contributed by atoms with E-state index >= 15 is 0 Å². The number of hydrogen-bond acceptors (Lipinski definition) is 15. The summed E-state index contributed by atoms with van der Waals surface area (Å²) in [5.74, 6) is 0.408. The highest BCUT2D eigenvalue weighted by Crippen LogP contribution is 2.45. The zero-order valence-electron chi connectivity index (χ0n) is 49.9. The number of sulfone groups is 1. The molecule has 24 heteroatoms. The third kappa shape index (κ3) is 17.3. The number of halogens is 4. The zero-order chi connectivity index (χ0) is 62.1. The van der Waals surface area contributed by atoms with Crippen LogP contribution in [-0.4, -0.2) is 174 Å². The molecule has 0 bridgehead atoms. The highest BCUT2D eigenvalue weighted by atomic mass is 35.5. The number of anilines is 2. The van der Waals surface area contributed by atoms with E-state index in [1.807, 2.05) is 47.2 Å². The van der Waals surface area contributed by atoms with Gasteiger partial charge in [-0.2, -0.15) is 13.2 Å². The fourth-order valence-corrected chi connectivity index (χ4v) is 16.3. The van der Waals surface area contributed by atoms with Crippen molar-refractivity contribution in [1.29, 1.82) is 0 Å². The maximum absolute atomic E-state index is 14.4. The van der Waals surface area contributed by atoms with E-state index in [2.05, 4.69) is 53.9 Å². The Morgan fingerprint density at radius 1 is 0.784 bits per heavy atom. The molecule has 3 N–H and O–H groups in total. The predicted octanol–water partition coefficient (Wildman–Crippen LogP) is 9.18. The molecule has 17 nitrogen and oxygen atoms in total. The Kier molecular flexibility index (Phi) is 21.7. The first-order valence-corrected chi connectivity index (χ1v) is 35.0. The van der Waals surface area contributed by atoms with Crippen LogP contribution in [0.2, 0.25) is 5.02 Å². The van der Waals surface area contributed by atoms with Crippen LogP contribution in [0.15, 0.2) is 139 Å². The molecule has 1 aromatic heterocycles. The number of rotatable bonds is 22. The minimum atomic E-state index is -6.09. The van der Waals surface area contributed by atoms with Gasteiger partial charge in [0.1, 0.15) is 4.90 Å². The molecule has 4 aromatic carbocycles. The average molecular weight is 1290 g/mol. The summed E-state index contributed by atoms with van der Waals surface area (Å²) in [6.07, 6.45) is 10.4. The summed E-state index contributed by atoms with van der Waals surface area (Å²) in [4.78, 5) is 50.8. The van der Waals surface area contributed by atoms with Gasteiger partial charge in [-0.25, -0.2) is 26.4 Å². The smallest absolute Gasteiger partial charge is 0.380 e. The van der Waals surface area contributed by atoms with Gasteiger partial charge in [0.2, 0.25) is 0 Å². The summed E-state index contributed by atoms with van der Waals surface area (Å²) in [5, 5.41) is 3.73. The number of aromatic nitrogens is 2. The molecule has 5 heterocycles. The zero-order valence-corrected chi connectivity index (χ0v) is 53.1. The number of nitrogens with zero attached hydrogens (tertiary/aromatic N) is 6. The monoisotopic (exact) mass is 1290 g/mol. The van der Waals surface area contributed by atoms with Crippen LogP contribution in [0.5, 0.6) is 0 Å². The molecule has 4 fully saturated rings. The Bertz CT molecular complexity index is 3550. The molecule has 1 aliphatic carbocycles. The van der Waals surface area contributed by atoms with Crippen molar-refractivity contribution in [3.05, 3.63) is 152 Å².